The van der Waals surface area contributed by atoms with Gasteiger partial charge in [-0.3, -0.25) is 0 Å². The van der Waals surface area contributed by atoms with Gasteiger partial charge >= 0.3 is 0 Å². The molecule has 0 spiro atoms. The van der Waals surface area contributed by atoms with Crippen LogP contribution in [0.2, 0.25) is 18.1 Å². The van der Waals surface area contributed by atoms with E-state index in [4.69, 9.17) is 4.43 Å². The summed E-state index contributed by atoms with van der Waals surface area (Å²) < 4.78 is 6.36. The molecule has 1 nitrogen and oxygen atoms in total. The zero-order chi connectivity index (χ0) is 15.0. The van der Waals surface area contributed by atoms with Crippen LogP contribution < -0.4 is 0 Å². The molecule has 0 amide bonds. The topological polar surface area (TPSA) is 9.23 Å². The Bertz CT molecular complexity index is 425. The third-order valence-electron chi connectivity index (χ3n) is 5.92. The fourth-order valence-corrected chi connectivity index (χ4v) is 4.29. The molecule has 2 rings (SSSR count). The molecular weight excluding hydrogens is 260 g/mol. The molecule has 0 bridgehead atoms. The minimum atomic E-state index is -1.59. The Kier molecular flexibility index (Phi) is 4.37. The van der Waals surface area contributed by atoms with E-state index in [0.717, 1.165) is 13.0 Å². The van der Waals surface area contributed by atoms with Crippen LogP contribution in [0.4, 0.5) is 0 Å². The number of hydrogen-bond donors (Lipinski definition) is 0. The van der Waals surface area contributed by atoms with E-state index < -0.39 is 8.32 Å². The van der Waals surface area contributed by atoms with Gasteiger partial charge in [-0.2, -0.15) is 0 Å². The predicted octanol–water partition coefficient (Wildman–Crippen LogP) is 5.85. The number of hydrogen-bond acceptors (Lipinski definition) is 1. The van der Waals surface area contributed by atoms with Crippen LogP contribution in [-0.2, 0) is 4.43 Å². The van der Waals surface area contributed by atoms with Gasteiger partial charge in [0.2, 0.25) is 0 Å². The Hall–Kier alpha value is -0.343. The van der Waals surface area contributed by atoms with E-state index in [1.165, 1.54) is 25.7 Å². The lowest BCUT2D eigenvalue weighted by molar-refractivity contribution is 0.274. The SMILES string of the molecule is CC12CCCCC1=CC=C2CCO[Si](C)(C)C(C)(C)C. The van der Waals surface area contributed by atoms with Crippen molar-refractivity contribution in [3.8, 4) is 0 Å². The van der Waals surface area contributed by atoms with Crippen LogP contribution in [0.25, 0.3) is 0 Å². The molecule has 0 N–H and O–H groups in total. The molecule has 1 unspecified atom stereocenters. The molecule has 0 aromatic rings. The minimum Gasteiger partial charge on any atom is -0.417 e. The predicted molar refractivity (Wildman–Crippen MR) is 90.5 cm³/mol. The molecule has 2 aliphatic rings. The van der Waals surface area contributed by atoms with Gasteiger partial charge in [-0.05, 0) is 43.8 Å². The molecule has 1 saturated carbocycles. The van der Waals surface area contributed by atoms with Crippen molar-refractivity contribution < 1.29 is 4.43 Å². The largest absolute Gasteiger partial charge is 0.417 e. The maximum atomic E-state index is 6.36. The van der Waals surface area contributed by atoms with Crippen molar-refractivity contribution in [2.75, 3.05) is 6.61 Å². The lowest BCUT2D eigenvalue weighted by Gasteiger charge is -2.38. The highest BCUT2D eigenvalue weighted by molar-refractivity contribution is 6.74. The molecule has 0 aromatic carbocycles. The van der Waals surface area contributed by atoms with E-state index in [2.05, 4.69) is 52.9 Å². The average Bonchev–Trinajstić information content (AvgIpc) is 2.65. The van der Waals surface area contributed by atoms with Crippen LogP contribution in [0.3, 0.4) is 0 Å². The van der Waals surface area contributed by atoms with Gasteiger partial charge in [-0.15, -0.1) is 0 Å². The maximum Gasteiger partial charge on any atom is 0.191 e. The fraction of sp³-hybridized carbons (Fsp3) is 0.778. The van der Waals surface area contributed by atoms with E-state index in [0.29, 0.717) is 10.5 Å². The van der Waals surface area contributed by atoms with Crippen LogP contribution in [0.1, 0.15) is 59.8 Å². The zero-order valence-corrected chi connectivity index (χ0v) is 15.3. The second-order valence-corrected chi connectivity index (χ2v) is 13.1. The first-order valence-electron chi connectivity index (χ1n) is 8.21. The van der Waals surface area contributed by atoms with Gasteiger partial charge in [0.05, 0.1) is 0 Å². The Morgan fingerprint density at radius 1 is 1.20 bits per heavy atom. The van der Waals surface area contributed by atoms with Crippen LogP contribution >= 0.6 is 0 Å². The van der Waals surface area contributed by atoms with E-state index in [9.17, 15) is 0 Å². The summed E-state index contributed by atoms with van der Waals surface area (Å²) in [6, 6.07) is 0. The van der Waals surface area contributed by atoms with Crippen molar-refractivity contribution in [3.05, 3.63) is 23.3 Å². The summed E-state index contributed by atoms with van der Waals surface area (Å²) in [6.45, 7) is 15.0. The molecule has 0 aliphatic heterocycles. The third-order valence-corrected chi connectivity index (χ3v) is 10.5. The van der Waals surface area contributed by atoms with E-state index in [-0.39, 0.29) is 0 Å². The molecule has 0 saturated heterocycles. The summed E-state index contributed by atoms with van der Waals surface area (Å²) in [5.74, 6) is 0. The lowest BCUT2D eigenvalue weighted by atomic mass is 9.69. The normalized spacial score (nSPS) is 27.1. The average molecular weight is 293 g/mol. The van der Waals surface area contributed by atoms with E-state index >= 15 is 0 Å². The highest BCUT2D eigenvalue weighted by atomic mass is 28.4. The van der Waals surface area contributed by atoms with Crippen LogP contribution in [-0.4, -0.2) is 14.9 Å². The van der Waals surface area contributed by atoms with E-state index in [1.54, 1.807) is 11.1 Å². The number of rotatable bonds is 4. The molecule has 0 aromatic heterocycles. The van der Waals surface area contributed by atoms with Crippen molar-refractivity contribution in [2.45, 2.75) is 77.9 Å². The van der Waals surface area contributed by atoms with Crippen LogP contribution in [0, 0.1) is 5.41 Å². The second kappa shape index (κ2) is 5.45. The van der Waals surface area contributed by atoms with Gasteiger partial charge in [0.1, 0.15) is 0 Å². The molecule has 0 heterocycles. The smallest absolute Gasteiger partial charge is 0.191 e. The summed E-state index contributed by atoms with van der Waals surface area (Å²) in [7, 11) is -1.59. The first-order chi connectivity index (χ1) is 9.17. The summed E-state index contributed by atoms with van der Waals surface area (Å²) >= 11 is 0. The molecule has 114 valence electrons. The van der Waals surface area contributed by atoms with Gasteiger partial charge in [-0.25, -0.2) is 0 Å². The van der Waals surface area contributed by atoms with Gasteiger partial charge in [0.25, 0.3) is 0 Å². The zero-order valence-electron chi connectivity index (χ0n) is 14.3. The Morgan fingerprint density at radius 3 is 2.55 bits per heavy atom. The van der Waals surface area contributed by atoms with Crippen LogP contribution in [0.15, 0.2) is 23.3 Å². The number of allylic oxidation sites excluding steroid dienone is 3. The van der Waals surface area contributed by atoms with Gasteiger partial charge in [-0.1, -0.05) is 57.4 Å². The highest BCUT2D eigenvalue weighted by Gasteiger charge is 2.39. The molecule has 2 heteroatoms. The minimum absolute atomic E-state index is 0.315. The van der Waals surface area contributed by atoms with Gasteiger partial charge in [0, 0.05) is 12.0 Å². The third kappa shape index (κ3) is 2.96. The van der Waals surface area contributed by atoms with Crippen molar-refractivity contribution in [2.24, 2.45) is 5.41 Å². The number of fused-ring (bicyclic) bond motifs is 1. The standard InChI is InChI=1S/C18H32OSi/c1-17(2,3)20(5,6)19-14-12-16-11-10-15-9-7-8-13-18(15,16)4/h10-11H,7-9,12-14H2,1-6H3. The Morgan fingerprint density at radius 2 is 1.90 bits per heavy atom. The van der Waals surface area contributed by atoms with Gasteiger partial charge in [0.15, 0.2) is 8.32 Å². The summed E-state index contributed by atoms with van der Waals surface area (Å²) in [5, 5.41) is 0.315. The maximum absolute atomic E-state index is 6.36. The molecule has 20 heavy (non-hydrogen) atoms. The lowest BCUT2D eigenvalue weighted by Crippen LogP contribution is -2.41. The van der Waals surface area contributed by atoms with Gasteiger partial charge < -0.3 is 4.43 Å². The fourth-order valence-electron chi connectivity index (χ4n) is 3.24. The molecule has 1 atom stereocenters. The summed E-state index contributed by atoms with van der Waals surface area (Å²) in [5.41, 5.74) is 3.66. The summed E-state index contributed by atoms with van der Waals surface area (Å²) in [4.78, 5) is 0. The summed E-state index contributed by atoms with van der Waals surface area (Å²) in [6.07, 6.45) is 11.3. The van der Waals surface area contributed by atoms with Crippen molar-refractivity contribution >= 4 is 8.32 Å². The molecular formula is C18H32OSi. The first kappa shape index (κ1) is 16.0. The van der Waals surface area contributed by atoms with Crippen molar-refractivity contribution in [1.29, 1.82) is 0 Å². The van der Waals surface area contributed by atoms with Crippen molar-refractivity contribution in [1.82, 2.24) is 0 Å². The van der Waals surface area contributed by atoms with Crippen LogP contribution in [0.5, 0.6) is 0 Å². The Balaban J connectivity index is 1.90. The highest BCUT2D eigenvalue weighted by Crippen LogP contribution is 2.50. The first-order valence-corrected chi connectivity index (χ1v) is 11.1. The monoisotopic (exact) mass is 292 g/mol. The van der Waals surface area contributed by atoms with Crippen molar-refractivity contribution in [3.63, 3.8) is 0 Å². The molecule has 2 aliphatic carbocycles. The second-order valence-electron chi connectivity index (χ2n) is 8.28. The molecule has 0 radical (unpaired) electrons. The molecule has 1 fully saturated rings. The van der Waals surface area contributed by atoms with E-state index in [1.807, 2.05) is 0 Å². The Labute approximate surface area is 126 Å². The quantitative estimate of drug-likeness (QED) is 0.591.